The summed E-state index contributed by atoms with van der Waals surface area (Å²) in [6.07, 6.45) is -0.465. The minimum Gasteiger partial charge on any atom is -0.392 e. The fourth-order valence-electron chi connectivity index (χ4n) is 0.537. The number of hydrogen-bond donors (Lipinski definition) is 2. The van der Waals surface area contributed by atoms with Gasteiger partial charge in [0, 0.05) is 24.6 Å². The van der Waals surface area contributed by atoms with Gasteiger partial charge in [-0.2, -0.15) is 0 Å². The average molecular weight is 355 g/mol. The zero-order valence-electron chi connectivity index (χ0n) is 8.30. The predicted molar refractivity (Wildman–Crippen MR) is 73.7 cm³/mol. The van der Waals surface area contributed by atoms with Crippen LogP contribution in [0.25, 0.3) is 0 Å². The molecular weight excluding hydrogens is 341 g/mol. The molecule has 0 aromatic heterocycles. The van der Waals surface area contributed by atoms with Crippen LogP contribution < -0.4 is 0 Å². The van der Waals surface area contributed by atoms with E-state index in [1.54, 1.807) is 0 Å². The van der Waals surface area contributed by atoms with E-state index in [1.165, 1.54) is 0 Å². The van der Waals surface area contributed by atoms with Crippen molar-refractivity contribution in [2.75, 3.05) is 11.8 Å². The van der Waals surface area contributed by atoms with E-state index < -0.39 is 21.9 Å². The molecule has 0 saturated heterocycles. The lowest BCUT2D eigenvalue weighted by Crippen LogP contribution is -2.11. The molecule has 2 nitrogen and oxygen atoms in total. The molecule has 0 aliphatic rings. The molecule has 0 aromatic rings. The molecule has 0 bridgehead atoms. The van der Waals surface area contributed by atoms with E-state index in [2.05, 4.69) is 0 Å². The first-order chi connectivity index (χ1) is 7.33. The summed E-state index contributed by atoms with van der Waals surface area (Å²) in [7, 11) is 0. The molecule has 16 heavy (non-hydrogen) atoms. The summed E-state index contributed by atoms with van der Waals surface area (Å²) in [6, 6.07) is 0. The second-order valence-corrected chi connectivity index (χ2v) is 6.04. The summed E-state index contributed by atoms with van der Waals surface area (Å²) >= 11 is 31.7. The van der Waals surface area contributed by atoms with Gasteiger partial charge in [-0.3, -0.25) is 0 Å². The third kappa shape index (κ3) is 18.0. The number of halogens is 6. The first kappa shape index (κ1) is 20.0. The Morgan fingerprint density at radius 1 is 0.688 bits per heavy atom. The standard InChI is InChI=1S/2C4H7Cl3O/c2*5-2-3(8)1-4(6)7/h2*3-4,8H,1-2H2. The first-order valence-electron chi connectivity index (χ1n) is 4.37. The Balaban J connectivity index is 0. The summed E-state index contributed by atoms with van der Waals surface area (Å²) < 4.78 is 0. The van der Waals surface area contributed by atoms with Crippen molar-refractivity contribution in [1.82, 2.24) is 0 Å². The zero-order chi connectivity index (χ0) is 13.1. The maximum absolute atomic E-state index is 8.73. The molecule has 2 N–H and O–H groups in total. The molecule has 0 aliphatic carbocycles. The normalized spacial score (nSPS) is 14.6. The van der Waals surface area contributed by atoms with E-state index in [0.29, 0.717) is 12.8 Å². The van der Waals surface area contributed by atoms with Crippen LogP contribution in [-0.2, 0) is 0 Å². The summed E-state index contributed by atoms with van der Waals surface area (Å²) in [5.74, 6) is 0.381. The van der Waals surface area contributed by atoms with E-state index >= 15 is 0 Å². The maximum Gasteiger partial charge on any atom is 0.110 e. The van der Waals surface area contributed by atoms with Crippen molar-refractivity contribution in [2.45, 2.75) is 34.7 Å². The molecule has 0 aromatic carbocycles. The molecular formula is C8H14Cl6O2. The van der Waals surface area contributed by atoms with Crippen molar-refractivity contribution in [1.29, 1.82) is 0 Å². The second-order valence-electron chi connectivity index (χ2n) is 2.87. The number of rotatable bonds is 6. The SMILES string of the molecule is OC(CCl)CC(Cl)Cl.OC(CCl)CC(Cl)Cl. The van der Waals surface area contributed by atoms with Gasteiger partial charge in [0.1, 0.15) is 9.67 Å². The van der Waals surface area contributed by atoms with Gasteiger partial charge in [0.2, 0.25) is 0 Å². The van der Waals surface area contributed by atoms with Gasteiger partial charge >= 0.3 is 0 Å². The summed E-state index contributed by atoms with van der Waals surface area (Å²) in [4.78, 5) is -1.02. The van der Waals surface area contributed by atoms with Gasteiger partial charge < -0.3 is 10.2 Å². The van der Waals surface area contributed by atoms with Crippen LogP contribution >= 0.6 is 69.6 Å². The molecule has 0 saturated carbocycles. The fourth-order valence-corrected chi connectivity index (χ4v) is 1.61. The number of aliphatic hydroxyl groups is 2. The van der Waals surface area contributed by atoms with Crippen LogP contribution in [0.15, 0.2) is 0 Å². The first-order valence-corrected chi connectivity index (χ1v) is 7.19. The van der Waals surface area contributed by atoms with Crippen LogP contribution in [0.2, 0.25) is 0 Å². The quantitative estimate of drug-likeness (QED) is 0.716. The zero-order valence-corrected chi connectivity index (χ0v) is 12.8. The Hall–Kier alpha value is 1.66. The van der Waals surface area contributed by atoms with Crippen molar-refractivity contribution >= 4 is 69.6 Å². The van der Waals surface area contributed by atoms with Crippen molar-refractivity contribution in [3.05, 3.63) is 0 Å². The largest absolute Gasteiger partial charge is 0.392 e. The van der Waals surface area contributed by atoms with E-state index in [-0.39, 0.29) is 11.8 Å². The molecule has 0 fully saturated rings. The molecule has 2 unspecified atom stereocenters. The Morgan fingerprint density at radius 2 is 0.938 bits per heavy atom. The number of alkyl halides is 6. The molecule has 100 valence electrons. The molecule has 0 radical (unpaired) electrons. The van der Waals surface area contributed by atoms with Crippen LogP contribution in [0.4, 0.5) is 0 Å². The smallest absolute Gasteiger partial charge is 0.110 e. The lowest BCUT2D eigenvalue weighted by molar-refractivity contribution is 0.192. The van der Waals surface area contributed by atoms with E-state index in [4.69, 9.17) is 79.8 Å². The lowest BCUT2D eigenvalue weighted by atomic mass is 10.3. The highest BCUT2D eigenvalue weighted by atomic mass is 35.5. The van der Waals surface area contributed by atoms with E-state index in [9.17, 15) is 0 Å². The Labute approximate surface area is 126 Å². The highest BCUT2D eigenvalue weighted by Gasteiger charge is 2.07. The molecule has 0 amide bonds. The van der Waals surface area contributed by atoms with Gasteiger partial charge in [-0.25, -0.2) is 0 Å². The number of hydrogen-bond acceptors (Lipinski definition) is 2. The van der Waals surface area contributed by atoms with Gasteiger partial charge in [0.05, 0.1) is 12.2 Å². The van der Waals surface area contributed by atoms with Gasteiger partial charge in [-0.05, 0) is 0 Å². The van der Waals surface area contributed by atoms with E-state index in [1.807, 2.05) is 0 Å². The molecule has 0 heterocycles. The van der Waals surface area contributed by atoms with Gasteiger partial charge in [-0.1, -0.05) is 0 Å². The van der Waals surface area contributed by atoms with Gasteiger partial charge in [0.15, 0.2) is 0 Å². The molecule has 8 heteroatoms. The lowest BCUT2D eigenvalue weighted by Gasteiger charge is -2.04. The predicted octanol–water partition coefficient (Wildman–Crippen LogP) is 3.56. The van der Waals surface area contributed by atoms with Crippen molar-refractivity contribution < 1.29 is 10.2 Å². The Bertz CT molecular complexity index is 130. The Morgan fingerprint density at radius 3 is 1.00 bits per heavy atom. The average Bonchev–Trinajstić information content (AvgIpc) is 2.16. The third-order valence-electron chi connectivity index (χ3n) is 1.26. The molecule has 0 spiro atoms. The van der Waals surface area contributed by atoms with Crippen LogP contribution in [0.1, 0.15) is 12.8 Å². The van der Waals surface area contributed by atoms with Crippen LogP contribution in [0.5, 0.6) is 0 Å². The van der Waals surface area contributed by atoms with Gasteiger partial charge in [-0.15, -0.1) is 69.6 Å². The third-order valence-corrected chi connectivity index (χ3v) is 2.68. The highest BCUT2D eigenvalue weighted by Crippen LogP contribution is 2.10. The Kier molecular flexibility index (Phi) is 16.4. The topological polar surface area (TPSA) is 40.5 Å². The summed E-state index contributed by atoms with van der Waals surface area (Å²) in [5, 5.41) is 17.5. The van der Waals surface area contributed by atoms with Crippen molar-refractivity contribution in [3.8, 4) is 0 Å². The van der Waals surface area contributed by atoms with Crippen LogP contribution in [-0.4, -0.2) is 43.9 Å². The molecule has 0 aliphatic heterocycles. The number of aliphatic hydroxyl groups excluding tert-OH is 2. The van der Waals surface area contributed by atoms with Crippen LogP contribution in [0.3, 0.4) is 0 Å². The fraction of sp³-hybridized carbons (Fsp3) is 1.00. The van der Waals surface area contributed by atoms with Gasteiger partial charge in [0.25, 0.3) is 0 Å². The maximum atomic E-state index is 8.73. The summed E-state index contributed by atoms with van der Waals surface area (Å²) in [5.41, 5.74) is 0. The van der Waals surface area contributed by atoms with Crippen molar-refractivity contribution in [2.24, 2.45) is 0 Å². The minimum atomic E-state index is -0.573. The van der Waals surface area contributed by atoms with Crippen LogP contribution in [0, 0.1) is 0 Å². The monoisotopic (exact) mass is 352 g/mol. The second kappa shape index (κ2) is 13.1. The molecule has 0 rings (SSSR count). The van der Waals surface area contributed by atoms with E-state index in [0.717, 1.165) is 0 Å². The highest BCUT2D eigenvalue weighted by molar-refractivity contribution is 6.44. The minimum absolute atomic E-state index is 0.190. The molecule has 2 atom stereocenters. The summed E-state index contributed by atoms with van der Waals surface area (Å²) in [6.45, 7) is 0. The van der Waals surface area contributed by atoms with Crippen molar-refractivity contribution in [3.63, 3.8) is 0 Å².